The molecule has 1 unspecified atom stereocenters. The molecular formula is C23H22N2O4. The van der Waals surface area contributed by atoms with Crippen LogP contribution in [0.2, 0.25) is 0 Å². The number of ketones is 1. The quantitative estimate of drug-likeness (QED) is 0.649. The number of carbonyl (C=O) groups excluding carboxylic acids is 2. The van der Waals surface area contributed by atoms with Crippen LogP contribution in [0.5, 0.6) is 11.5 Å². The van der Waals surface area contributed by atoms with Crippen LogP contribution in [0.4, 0.5) is 5.69 Å². The second-order valence-corrected chi connectivity index (χ2v) is 6.89. The zero-order chi connectivity index (χ0) is 20.4. The Morgan fingerprint density at radius 2 is 1.72 bits per heavy atom. The topological polar surface area (TPSA) is 69.6 Å². The maximum absolute atomic E-state index is 12.9. The Morgan fingerprint density at radius 3 is 2.45 bits per heavy atom. The Morgan fingerprint density at radius 1 is 0.966 bits per heavy atom. The van der Waals surface area contributed by atoms with Gasteiger partial charge in [0, 0.05) is 29.6 Å². The maximum atomic E-state index is 12.9. The average molecular weight is 390 g/mol. The molecule has 0 aliphatic carbocycles. The Hall–Kier alpha value is -3.54. The minimum absolute atomic E-state index is 0.0298. The molecule has 6 nitrogen and oxygen atoms in total. The fourth-order valence-corrected chi connectivity index (χ4v) is 3.79. The number of ether oxygens (including phenoxy) is 2. The van der Waals surface area contributed by atoms with Crippen molar-refractivity contribution in [2.75, 3.05) is 19.5 Å². The third-order valence-electron chi connectivity index (χ3n) is 5.25. The summed E-state index contributed by atoms with van der Waals surface area (Å²) in [5.41, 5.74) is 2.76. The molecule has 1 aromatic heterocycles. The predicted octanol–water partition coefficient (Wildman–Crippen LogP) is 3.86. The van der Waals surface area contributed by atoms with Gasteiger partial charge in [-0.25, -0.2) is 0 Å². The minimum Gasteiger partial charge on any atom is -0.493 e. The summed E-state index contributed by atoms with van der Waals surface area (Å²) < 4.78 is 12.5. The molecule has 1 aliphatic heterocycles. The molecule has 0 saturated carbocycles. The molecule has 148 valence electrons. The first kappa shape index (κ1) is 18.8. The van der Waals surface area contributed by atoms with Gasteiger partial charge in [-0.2, -0.15) is 0 Å². The van der Waals surface area contributed by atoms with E-state index < -0.39 is 0 Å². The number of hydrogen-bond donors (Lipinski definition) is 1. The van der Waals surface area contributed by atoms with Gasteiger partial charge in [-0.1, -0.05) is 30.3 Å². The highest BCUT2D eigenvalue weighted by atomic mass is 16.5. The van der Waals surface area contributed by atoms with E-state index in [1.54, 1.807) is 50.6 Å². The summed E-state index contributed by atoms with van der Waals surface area (Å²) in [6.45, 7) is 0.639. The van der Waals surface area contributed by atoms with Crippen LogP contribution in [0.3, 0.4) is 0 Å². The molecule has 0 spiro atoms. The number of benzene rings is 2. The molecule has 0 fully saturated rings. The number of methoxy groups -OCH3 is 2. The number of amides is 1. The Bertz CT molecular complexity index is 1060. The first-order valence-corrected chi connectivity index (χ1v) is 9.44. The van der Waals surface area contributed by atoms with Gasteiger partial charge < -0.3 is 19.4 Å². The zero-order valence-electron chi connectivity index (χ0n) is 16.3. The largest absolute Gasteiger partial charge is 0.493 e. The van der Waals surface area contributed by atoms with Crippen LogP contribution >= 0.6 is 0 Å². The van der Waals surface area contributed by atoms with E-state index in [0.717, 1.165) is 5.69 Å². The smallest absolute Gasteiger partial charge is 0.233 e. The summed E-state index contributed by atoms with van der Waals surface area (Å²) in [7, 11) is 3.12. The van der Waals surface area contributed by atoms with E-state index in [9.17, 15) is 9.59 Å². The second-order valence-electron chi connectivity index (χ2n) is 6.89. The molecule has 2 heterocycles. The molecule has 2 aromatic carbocycles. The Labute approximate surface area is 169 Å². The van der Waals surface area contributed by atoms with Gasteiger partial charge in [0.05, 0.1) is 25.8 Å². The summed E-state index contributed by atoms with van der Waals surface area (Å²) in [4.78, 5) is 25.7. The van der Waals surface area contributed by atoms with Crippen molar-refractivity contribution >= 4 is 17.4 Å². The fraction of sp³-hybridized carbons (Fsp3) is 0.217. The van der Waals surface area contributed by atoms with Crippen LogP contribution in [0.25, 0.3) is 0 Å². The van der Waals surface area contributed by atoms with Crippen LogP contribution in [0.1, 0.15) is 34.1 Å². The standard InChI is InChI=1S/C23H22N2O4/c1-28-20-11-8-16(14-21(20)29-2)24-23(27)17-12-13-25-18(17)9-10-19(25)22(26)15-6-4-3-5-7-15/h3-11,14,17H,12-13H2,1-2H3,(H,24,27). The first-order chi connectivity index (χ1) is 14.1. The van der Waals surface area contributed by atoms with Crippen LogP contribution < -0.4 is 14.8 Å². The van der Waals surface area contributed by atoms with Gasteiger partial charge in [0.25, 0.3) is 0 Å². The lowest BCUT2D eigenvalue weighted by Gasteiger charge is -2.13. The number of nitrogens with zero attached hydrogens (tertiary/aromatic N) is 1. The summed E-state index contributed by atoms with van der Waals surface area (Å²) in [5.74, 6) is 0.714. The average Bonchev–Trinajstić information content (AvgIpc) is 3.36. The van der Waals surface area contributed by atoms with Gasteiger partial charge in [-0.05, 0) is 30.7 Å². The van der Waals surface area contributed by atoms with Gasteiger partial charge in [0.1, 0.15) is 0 Å². The molecule has 1 N–H and O–H groups in total. The summed E-state index contributed by atoms with van der Waals surface area (Å²) in [6, 6.07) is 18.1. The maximum Gasteiger partial charge on any atom is 0.233 e. The van der Waals surface area contributed by atoms with Crippen LogP contribution in [-0.2, 0) is 11.3 Å². The lowest BCUT2D eigenvalue weighted by atomic mass is 10.0. The normalized spacial score (nSPS) is 14.9. The lowest BCUT2D eigenvalue weighted by Crippen LogP contribution is -2.19. The minimum atomic E-state index is -0.305. The second kappa shape index (κ2) is 7.83. The van der Waals surface area contributed by atoms with Crippen molar-refractivity contribution in [2.45, 2.75) is 18.9 Å². The van der Waals surface area contributed by atoms with E-state index in [4.69, 9.17) is 9.47 Å². The van der Waals surface area contributed by atoms with E-state index in [-0.39, 0.29) is 17.6 Å². The predicted molar refractivity (Wildman–Crippen MR) is 110 cm³/mol. The Kier molecular flexibility index (Phi) is 5.08. The number of carbonyl (C=O) groups is 2. The Balaban J connectivity index is 1.54. The van der Waals surface area contributed by atoms with Gasteiger partial charge in [-0.15, -0.1) is 0 Å². The third kappa shape index (κ3) is 3.49. The van der Waals surface area contributed by atoms with Crippen molar-refractivity contribution < 1.29 is 19.1 Å². The van der Waals surface area contributed by atoms with Crippen LogP contribution in [0, 0.1) is 0 Å². The zero-order valence-corrected chi connectivity index (χ0v) is 16.3. The van der Waals surface area contributed by atoms with Crippen molar-refractivity contribution in [3.63, 3.8) is 0 Å². The monoisotopic (exact) mass is 390 g/mol. The molecule has 3 aromatic rings. The van der Waals surface area contributed by atoms with E-state index in [1.165, 1.54) is 0 Å². The first-order valence-electron chi connectivity index (χ1n) is 9.44. The summed E-state index contributed by atoms with van der Waals surface area (Å²) in [6.07, 6.45) is 0.657. The summed E-state index contributed by atoms with van der Waals surface area (Å²) >= 11 is 0. The molecular weight excluding hydrogens is 368 g/mol. The lowest BCUT2D eigenvalue weighted by molar-refractivity contribution is -0.117. The SMILES string of the molecule is COc1ccc(NC(=O)C2CCn3c(C(=O)c4ccccc4)ccc32)cc1OC. The van der Waals surface area contributed by atoms with Gasteiger partial charge in [0.2, 0.25) is 11.7 Å². The highest BCUT2D eigenvalue weighted by molar-refractivity contribution is 6.08. The molecule has 0 saturated heterocycles. The number of hydrogen-bond acceptors (Lipinski definition) is 4. The van der Waals surface area contributed by atoms with Crippen LogP contribution in [0.15, 0.2) is 60.7 Å². The third-order valence-corrected chi connectivity index (χ3v) is 5.25. The fourth-order valence-electron chi connectivity index (χ4n) is 3.79. The van der Waals surface area contributed by atoms with E-state index in [2.05, 4.69) is 5.32 Å². The van der Waals surface area contributed by atoms with Crippen molar-refractivity contribution in [3.05, 3.63) is 77.6 Å². The van der Waals surface area contributed by atoms with Crippen molar-refractivity contribution in [3.8, 4) is 11.5 Å². The van der Waals surface area contributed by atoms with Gasteiger partial charge >= 0.3 is 0 Å². The van der Waals surface area contributed by atoms with Crippen molar-refractivity contribution in [1.29, 1.82) is 0 Å². The number of anilines is 1. The number of fused-ring (bicyclic) bond motifs is 1. The van der Waals surface area contributed by atoms with E-state index in [0.29, 0.717) is 41.4 Å². The van der Waals surface area contributed by atoms with Gasteiger partial charge in [0.15, 0.2) is 11.5 Å². The molecule has 0 bridgehead atoms. The highest BCUT2D eigenvalue weighted by Gasteiger charge is 2.32. The number of rotatable bonds is 6. The van der Waals surface area contributed by atoms with Crippen LogP contribution in [-0.4, -0.2) is 30.5 Å². The number of nitrogens with one attached hydrogen (secondary N) is 1. The molecule has 1 atom stereocenters. The molecule has 0 radical (unpaired) electrons. The van der Waals surface area contributed by atoms with Gasteiger partial charge in [-0.3, -0.25) is 9.59 Å². The molecule has 6 heteroatoms. The van der Waals surface area contributed by atoms with Crippen molar-refractivity contribution in [2.24, 2.45) is 0 Å². The number of aromatic nitrogens is 1. The summed E-state index contributed by atoms with van der Waals surface area (Å²) in [5, 5.41) is 2.95. The molecule has 4 rings (SSSR count). The van der Waals surface area contributed by atoms with E-state index in [1.807, 2.05) is 28.8 Å². The highest BCUT2D eigenvalue weighted by Crippen LogP contribution is 2.34. The molecule has 29 heavy (non-hydrogen) atoms. The van der Waals surface area contributed by atoms with E-state index >= 15 is 0 Å². The van der Waals surface area contributed by atoms with Crippen molar-refractivity contribution in [1.82, 2.24) is 4.57 Å². The molecule has 1 aliphatic rings. The molecule has 1 amide bonds.